The highest BCUT2D eigenvalue weighted by atomic mass is 16.6. The van der Waals surface area contributed by atoms with Crippen molar-refractivity contribution in [3.63, 3.8) is 0 Å². The van der Waals surface area contributed by atoms with Crippen LogP contribution in [0.15, 0.2) is 54.6 Å². The molecule has 1 amide bonds. The summed E-state index contributed by atoms with van der Waals surface area (Å²) in [6.07, 6.45) is -0.671. The SMILES string of the molecule is COC(=O)[C@H](NC(=O)OC(C)(C)C)c1ccc(-c2ccccc2)cc1. The predicted octanol–water partition coefficient (Wildman–Crippen LogP) is 4.09. The number of methoxy groups -OCH3 is 1. The van der Waals surface area contributed by atoms with Gasteiger partial charge in [-0.25, -0.2) is 9.59 Å². The number of benzene rings is 2. The summed E-state index contributed by atoms with van der Waals surface area (Å²) in [4.78, 5) is 24.1. The molecule has 1 atom stereocenters. The predicted molar refractivity (Wildman–Crippen MR) is 96.0 cm³/mol. The zero-order valence-corrected chi connectivity index (χ0v) is 14.9. The fraction of sp³-hybridized carbons (Fsp3) is 0.300. The highest BCUT2D eigenvalue weighted by Gasteiger charge is 2.26. The van der Waals surface area contributed by atoms with Crippen LogP contribution in [0, 0.1) is 0 Å². The lowest BCUT2D eigenvalue weighted by Crippen LogP contribution is -2.38. The van der Waals surface area contributed by atoms with Crippen LogP contribution in [0.4, 0.5) is 4.79 Å². The summed E-state index contributed by atoms with van der Waals surface area (Å²) in [5.41, 5.74) is 2.06. The zero-order chi connectivity index (χ0) is 18.4. The third kappa shape index (κ3) is 5.35. The quantitative estimate of drug-likeness (QED) is 0.851. The van der Waals surface area contributed by atoms with Gasteiger partial charge in [-0.2, -0.15) is 0 Å². The summed E-state index contributed by atoms with van der Waals surface area (Å²) in [5, 5.41) is 2.56. The standard InChI is InChI=1S/C20H23NO4/c1-20(2,3)25-19(23)21-17(18(22)24-4)16-12-10-15(11-13-16)14-8-6-5-7-9-14/h5-13,17H,1-4H3,(H,21,23)/t17-/m1/s1. The van der Waals surface area contributed by atoms with Crippen molar-refractivity contribution in [2.75, 3.05) is 7.11 Å². The van der Waals surface area contributed by atoms with E-state index in [-0.39, 0.29) is 0 Å². The first kappa shape index (κ1) is 18.5. The number of rotatable bonds is 4. The van der Waals surface area contributed by atoms with Gasteiger partial charge in [-0.3, -0.25) is 0 Å². The highest BCUT2D eigenvalue weighted by molar-refractivity contribution is 5.83. The Morgan fingerprint density at radius 3 is 2.00 bits per heavy atom. The molecule has 5 heteroatoms. The van der Waals surface area contributed by atoms with Crippen LogP contribution in [-0.2, 0) is 14.3 Å². The Kier molecular flexibility index (Phi) is 5.80. The largest absolute Gasteiger partial charge is 0.467 e. The number of carbonyl (C=O) groups excluding carboxylic acids is 2. The maximum absolute atomic E-state index is 12.1. The molecule has 0 heterocycles. The molecule has 0 saturated carbocycles. The lowest BCUT2D eigenvalue weighted by Gasteiger charge is -2.23. The van der Waals surface area contributed by atoms with E-state index in [2.05, 4.69) is 5.32 Å². The van der Waals surface area contributed by atoms with Gasteiger partial charge in [0.1, 0.15) is 5.60 Å². The number of ether oxygens (including phenoxy) is 2. The molecule has 2 aromatic carbocycles. The van der Waals surface area contributed by atoms with Gasteiger partial charge in [0.2, 0.25) is 0 Å². The topological polar surface area (TPSA) is 64.6 Å². The molecule has 0 radical (unpaired) electrons. The number of hydrogen-bond acceptors (Lipinski definition) is 4. The lowest BCUT2D eigenvalue weighted by molar-refractivity contribution is -0.143. The Hall–Kier alpha value is -2.82. The van der Waals surface area contributed by atoms with Crippen LogP contribution in [0.1, 0.15) is 32.4 Å². The van der Waals surface area contributed by atoms with Crippen LogP contribution < -0.4 is 5.32 Å². The van der Waals surface area contributed by atoms with Crippen molar-refractivity contribution in [2.24, 2.45) is 0 Å². The third-order valence-corrected chi connectivity index (χ3v) is 3.45. The van der Waals surface area contributed by atoms with Gasteiger partial charge in [0.15, 0.2) is 6.04 Å². The molecular weight excluding hydrogens is 318 g/mol. The molecule has 0 unspecified atom stereocenters. The summed E-state index contributed by atoms with van der Waals surface area (Å²) in [7, 11) is 1.28. The van der Waals surface area contributed by atoms with Crippen molar-refractivity contribution in [3.05, 3.63) is 60.2 Å². The second-order valence-electron chi connectivity index (χ2n) is 6.59. The second kappa shape index (κ2) is 7.83. The number of nitrogens with one attached hydrogen (secondary N) is 1. The molecule has 0 bridgehead atoms. The van der Waals surface area contributed by atoms with Gasteiger partial charge in [-0.15, -0.1) is 0 Å². The first-order valence-electron chi connectivity index (χ1n) is 8.03. The Morgan fingerprint density at radius 2 is 1.48 bits per heavy atom. The molecule has 2 rings (SSSR count). The normalized spacial score (nSPS) is 12.2. The number of amides is 1. The molecule has 25 heavy (non-hydrogen) atoms. The van der Waals surface area contributed by atoms with E-state index in [9.17, 15) is 9.59 Å². The van der Waals surface area contributed by atoms with E-state index >= 15 is 0 Å². The number of esters is 1. The highest BCUT2D eigenvalue weighted by Crippen LogP contribution is 2.23. The van der Waals surface area contributed by atoms with Crippen molar-refractivity contribution >= 4 is 12.1 Å². The average molecular weight is 341 g/mol. The third-order valence-electron chi connectivity index (χ3n) is 3.45. The Labute approximate surface area is 148 Å². The molecule has 0 aliphatic carbocycles. The van der Waals surface area contributed by atoms with Gasteiger partial charge in [-0.1, -0.05) is 54.6 Å². The van der Waals surface area contributed by atoms with E-state index in [0.29, 0.717) is 5.56 Å². The van der Waals surface area contributed by atoms with Crippen molar-refractivity contribution in [3.8, 4) is 11.1 Å². The minimum absolute atomic E-state index is 0.557. The smallest absolute Gasteiger partial charge is 0.408 e. The summed E-state index contributed by atoms with van der Waals surface area (Å²) in [6.45, 7) is 5.27. The maximum atomic E-state index is 12.1. The van der Waals surface area contributed by atoms with Gasteiger partial charge < -0.3 is 14.8 Å². The van der Waals surface area contributed by atoms with E-state index in [1.165, 1.54) is 7.11 Å². The van der Waals surface area contributed by atoms with Crippen LogP contribution in [0.2, 0.25) is 0 Å². The first-order valence-corrected chi connectivity index (χ1v) is 8.03. The van der Waals surface area contributed by atoms with Crippen LogP contribution in [0.3, 0.4) is 0 Å². The first-order chi connectivity index (χ1) is 11.8. The van der Waals surface area contributed by atoms with Crippen LogP contribution in [0.25, 0.3) is 11.1 Å². The Bertz CT molecular complexity index is 718. The van der Waals surface area contributed by atoms with E-state index in [0.717, 1.165) is 11.1 Å². The summed E-state index contributed by atoms with van der Waals surface area (Å²) in [6, 6.07) is 16.4. The van der Waals surface area contributed by atoms with Crippen molar-refractivity contribution in [1.29, 1.82) is 0 Å². The number of alkyl carbamates (subject to hydrolysis) is 1. The molecule has 2 aromatic rings. The molecule has 1 N–H and O–H groups in total. The fourth-order valence-electron chi connectivity index (χ4n) is 2.32. The molecule has 0 aliphatic rings. The molecule has 0 aliphatic heterocycles. The van der Waals surface area contributed by atoms with Gasteiger partial charge in [0, 0.05) is 0 Å². The molecular formula is C20H23NO4. The minimum Gasteiger partial charge on any atom is -0.467 e. The van der Waals surface area contributed by atoms with E-state index in [1.54, 1.807) is 32.9 Å². The van der Waals surface area contributed by atoms with Crippen LogP contribution in [0.5, 0.6) is 0 Å². The van der Waals surface area contributed by atoms with E-state index in [4.69, 9.17) is 9.47 Å². The fourth-order valence-corrected chi connectivity index (χ4v) is 2.32. The molecule has 132 valence electrons. The number of carbonyl (C=O) groups is 2. The Balaban J connectivity index is 2.20. The van der Waals surface area contributed by atoms with Crippen molar-refractivity contribution in [1.82, 2.24) is 5.32 Å². The maximum Gasteiger partial charge on any atom is 0.408 e. The van der Waals surface area contributed by atoms with Crippen molar-refractivity contribution in [2.45, 2.75) is 32.4 Å². The van der Waals surface area contributed by atoms with E-state index in [1.807, 2.05) is 42.5 Å². The lowest BCUT2D eigenvalue weighted by atomic mass is 10.0. The van der Waals surface area contributed by atoms with Gasteiger partial charge >= 0.3 is 12.1 Å². The molecule has 0 spiro atoms. The van der Waals surface area contributed by atoms with Gasteiger partial charge in [0.25, 0.3) is 0 Å². The number of hydrogen-bond donors (Lipinski definition) is 1. The molecule has 5 nitrogen and oxygen atoms in total. The molecule has 0 aromatic heterocycles. The van der Waals surface area contributed by atoms with Crippen molar-refractivity contribution < 1.29 is 19.1 Å². The summed E-state index contributed by atoms with van der Waals surface area (Å²) < 4.78 is 10.0. The van der Waals surface area contributed by atoms with Gasteiger partial charge in [0.05, 0.1) is 7.11 Å². The summed E-state index contributed by atoms with van der Waals surface area (Å²) in [5.74, 6) is -0.557. The van der Waals surface area contributed by atoms with E-state index < -0.39 is 23.7 Å². The minimum atomic E-state index is -0.926. The van der Waals surface area contributed by atoms with Crippen LogP contribution in [-0.4, -0.2) is 24.8 Å². The molecule has 0 fully saturated rings. The van der Waals surface area contributed by atoms with Gasteiger partial charge in [-0.05, 0) is 37.5 Å². The summed E-state index contributed by atoms with van der Waals surface area (Å²) >= 11 is 0. The molecule has 0 saturated heterocycles. The second-order valence-corrected chi connectivity index (χ2v) is 6.59. The average Bonchev–Trinajstić information content (AvgIpc) is 2.58. The van der Waals surface area contributed by atoms with Crippen LogP contribution >= 0.6 is 0 Å². The Morgan fingerprint density at radius 1 is 0.920 bits per heavy atom. The monoisotopic (exact) mass is 341 g/mol. The zero-order valence-electron chi connectivity index (χ0n) is 14.9.